The van der Waals surface area contributed by atoms with Crippen LogP contribution < -0.4 is 11.1 Å². The lowest BCUT2D eigenvalue weighted by Crippen LogP contribution is -2.06. The van der Waals surface area contributed by atoms with Gasteiger partial charge < -0.3 is 11.1 Å². The molecule has 0 aliphatic carbocycles. The number of rotatable bonds is 4. The van der Waals surface area contributed by atoms with Crippen LogP contribution in [0.5, 0.6) is 0 Å². The summed E-state index contributed by atoms with van der Waals surface area (Å²) < 4.78 is 1.66. The molecule has 2 aromatic rings. The van der Waals surface area contributed by atoms with Gasteiger partial charge in [-0.25, -0.2) is 4.68 Å². The molecule has 3 N–H and O–H groups in total. The average Bonchev–Trinajstić information content (AvgIpc) is 2.71. The van der Waals surface area contributed by atoms with Crippen LogP contribution in [0.15, 0.2) is 30.8 Å². The fourth-order valence-electron chi connectivity index (χ4n) is 1.51. The van der Waals surface area contributed by atoms with Gasteiger partial charge in [0.2, 0.25) is 11.9 Å². The highest BCUT2D eigenvalue weighted by Crippen LogP contribution is 2.10. The number of nitrogen functional groups attached to an aromatic ring is 1. The van der Waals surface area contributed by atoms with E-state index in [1.165, 1.54) is 0 Å². The van der Waals surface area contributed by atoms with Gasteiger partial charge in [-0.2, -0.15) is 4.98 Å². The van der Waals surface area contributed by atoms with Crippen LogP contribution in [0.1, 0.15) is 11.1 Å². The maximum absolute atomic E-state index is 5.75. The second-order valence-electron chi connectivity index (χ2n) is 3.65. The molecule has 1 heterocycles. The van der Waals surface area contributed by atoms with Gasteiger partial charge in [0.05, 0.1) is 6.54 Å². The van der Waals surface area contributed by atoms with Crippen LogP contribution in [-0.2, 0) is 6.54 Å². The standard InChI is InChI=1S/C12H15N5/c1-3-9-4-6-10(7-5-9)8-17-11(13)15-12(14-2)16-17/h3-7H,1,8H2,2H3,(H3,13,14,15,16). The van der Waals surface area contributed by atoms with E-state index in [2.05, 4.69) is 22.0 Å². The third-order valence-corrected chi connectivity index (χ3v) is 2.47. The number of hydrogen-bond donors (Lipinski definition) is 2. The van der Waals surface area contributed by atoms with E-state index < -0.39 is 0 Å². The lowest BCUT2D eigenvalue weighted by Gasteiger charge is -2.03. The molecule has 0 saturated heterocycles. The van der Waals surface area contributed by atoms with Gasteiger partial charge in [-0.15, -0.1) is 5.10 Å². The first-order valence-electron chi connectivity index (χ1n) is 5.32. The van der Waals surface area contributed by atoms with Crippen molar-refractivity contribution in [1.29, 1.82) is 0 Å². The van der Waals surface area contributed by atoms with E-state index in [1.807, 2.05) is 30.3 Å². The van der Waals surface area contributed by atoms with Gasteiger partial charge in [-0.3, -0.25) is 0 Å². The predicted molar refractivity (Wildman–Crippen MR) is 69.6 cm³/mol. The SMILES string of the molecule is C=Cc1ccc(Cn2nc(NC)nc2N)cc1. The van der Waals surface area contributed by atoms with Crippen molar-refractivity contribution in [2.24, 2.45) is 0 Å². The first-order chi connectivity index (χ1) is 8.22. The number of hydrogen-bond acceptors (Lipinski definition) is 4. The smallest absolute Gasteiger partial charge is 0.243 e. The van der Waals surface area contributed by atoms with Crippen LogP contribution in [0, 0.1) is 0 Å². The third kappa shape index (κ3) is 2.44. The fraction of sp³-hybridized carbons (Fsp3) is 0.167. The largest absolute Gasteiger partial charge is 0.368 e. The normalized spacial score (nSPS) is 10.2. The zero-order valence-electron chi connectivity index (χ0n) is 9.72. The summed E-state index contributed by atoms with van der Waals surface area (Å²) in [5, 5.41) is 7.07. The molecule has 1 aromatic heterocycles. The van der Waals surface area contributed by atoms with Gasteiger partial charge >= 0.3 is 0 Å². The van der Waals surface area contributed by atoms with E-state index >= 15 is 0 Å². The molecule has 17 heavy (non-hydrogen) atoms. The minimum absolute atomic E-state index is 0.405. The van der Waals surface area contributed by atoms with Crippen molar-refractivity contribution in [3.63, 3.8) is 0 Å². The van der Waals surface area contributed by atoms with Gasteiger partial charge in [0, 0.05) is 7.05 Å². The van der Waals surface area contributed by atoms with Crippen LogP contribution in [-0.4, -0.2) is 21.8 Å². The number of nitrogens with one attached hydrogen (secondary N) is 1. The van der Waals surface area contributed by atoms with Crippen molar-refractivity contribution < 1.29 is 0 Å². The quantitative estimate of drug-likeness (QED) is 0.835. The summed E-state index contributed by atoms with van der Waals surface area (Å²) >= 11 is 0. The molecule has 0 amide bonds. The molecule has 1 aromatic carbocycles. The van der Waals surface area contributed by atoms with Crippen molar-refractivity contribution in [1.82, 2.24) is 14.8 Å². The summed E-state index contributed by atoms with van der Waals surface area (Å²) in [6.45, 7) is 4.33. The lowest BCUT2D eigenvalue weighted by atomic mass is 10.1. The number of benzene rings is 1. The molecule has 0 atom stereocenters. The Kier molecular flexibility index (Phi) is 3.09. The first-order valence-corrected chi connectivity index (χ1v) is 5.32. The summed E-state index contributed by atoms with van der Waals surface area (Å²) in [6.07, 6.45) is 1.81. The average molecular weight is 229 g/mol. The fourth-order valence-corrected chi connectivity index (χ4v) is 1.51. The van der Waals surface area contributed by atoms with Crippen LogP contribution in [0.4, 0.5) is 11.9 Å². The molecule has 0 spiro atoms. The molecule has 88 valence electrons. The zero-order chi connectivity index (χ0) is 12.3. The molecule has 0 unspecified atom stereocenters. The Morgan fingerprint density at radius 3 is 2.65 bits per heavy atom. The zero-order valence-corrected chi connectivity index (χ0v) is 9.72. The summed E-state index contributed by atoms with van der Waals surface area (Å²) in [6, 6.07) is 8.07. The predicted octanol–water partition coefficient (Wildman–Crippen LogP) is 1.59. The first kappa shape index (κ1) is 11.2. The topological polar surface area (TPSA) is 68.8 Å². The van der Waals surface area contributed by atoms with Gasteiger partial charge in [-0.1, -0.05) is 36.9 Å². The van der Waals surface area contributed by atoms with E-state index in [1.54, 1.807) is 11.7 Å². The van der Waals surface area contributed by atoms with Gasteiger partial charge in [0.25, 0.3) is 0 Å². The molecule has 5 heteroatoms. The minimum atomic E-state index is 0.405. The Labute approximate surface area is 100.0 Å². The highest BCUT2D eigenvalue weighted by Gasteiger charge is 2.05. The Hall–Kier alpha value is -2.30. The monoisotopic (exact) mass is 229 g/mol. The van der Waals surface area contributed by atoms with E-state index in [0.717, 1.165) is 11.1 Å². The highest BCUT2D eigenvalue weighted by molar-refractivity contribution is 5.47. The van der Waals surface area contributed by atoms with E-state index in [4.69, 9.17) is 5.73 Å². The number of nitrogens with two attached hydrogens (primary N) is 1. The number of nitrogens with zero attached hydrogens (tertiary/aromatic N) is 3. The Morgan fingerprint density at radius 2 is 2.12 bits per heavy atom. The van der Waals surface area contributed by atoms with Crippen LogP contribution in [0.3, 0.4) is 0 Å². The molecule has 0 aliphatic rings. The van der Waals surface area contributed by atoms with Gasteiger partial charge in [0.15, 0.2) is 0 Å². The maximum atomic E-state index is 5.75. The van der Waals surface area contributed by atoms with Gasteiger partial charge in [0.1, 0.15) is 0 Å². The van der Waals surface area contributed by atoms with Crippen molar-refractivity contribution in [2.45, 2.75) is 6.54 Å². The molecule has 2 rings (SSSR count). The second-order valence-corrected chi connectivity index (χ2v) is 3.65. The summed E-state index contributed by atoms with van der Waals surface area (Å²) in [5.74, 6) is 0.937. The Balaban J connectivity index is 2.18. The molecule has 0 saturated carbocycles. The lowest BCUT2D eigenvalue weighted by molar-refractivity contribution is 0.698. The van der Waals surface area contributed by atoms with Crippen molar-refractivity contribution in [3.05, 3.63) is 42.0 Å². The molecule has 0 radical (unpaired) electrons. The molecule has 0 aliphatic heterocycles. The van der Waals surface area contributed by atoms with Crippen molar-refractivity contribution in [3.8, 4) is 0 Å². The van der Waals surface area contributed by atoms with Crippen LogP contribution >= 0.6 is 0 Å². The molecule has 0 fully saturated rings. The van der Waals surface area contributed by atoms with Gasteiger partial charge in [-0.05, 0) is 11.1 Å². The Morgan fingerprint density at radius 1 is 1.41 bits per heavy atom. The van der Waals surface area contributed by atoms with Crippen molar-refractivity contribution >= 4 is 18.0 Å². The van der Waals surface area contributed by atoms with E-state index in [9.17, 15) is 0 Å². The molecule has 0 bridgehead atoms. The molecule has 5 nitrogen and oxygen atoms in total. The van der Waals surface area contributed by atoms with Crippen LogP contribution in [0.2, 0.25) is 0 Å². The van der Waals surface area contributed by atoms with E-state index in [0.29, 0.717) is 18.4 Å². The summed E-state index contributed by atoms with van der Waals surface area (Å²) in [7, 11) is 1.76. The van der Waals surface area contributed by atoms with Crippen molar-refractivity contribution in [2.75, 3.05) is 18.1 Å². The maximum Gasteiger partial charge on any atom is 0.243 e. The Bertz CT molecular complexity index is 512. The molecular weight excluding hydrogens is 214 g/mol. The van der Waals surface area contributed by atoms with E-state index in [-0.39, 0.29) is 0 Å². The second kappa shape index (κ2) is 4.69. The third-order valence-electron chi connectivity index (χ3n) is 2.47. The number of anilines is 2. The minimum Gasteiger partial charge on any atom is -0.368 e. The summed E-state index contributed by atoms with van der Waals surface area (Å²) in [5.41, 5.74) is 7.97. The van der Waals surface area contributed by atoms with Crippen LogP contribution in [0.25, 0.3) is 6.08 Å². The highest BCUT2D eigenvalue weighted by atomic mass is 15.4. The molecular formula is C12H15N5. The number of aromatic nitrogens is 3. The summed E-state index contributed by atoms with van der Waals surface area (Å²) in [4.78, 5) is 4.06.